The van der Waals surface area contributed by atoms with Gasteiger partial charge >= 0.3 is 0 Å². The van der Waals surface area contributed by atoms with Gasteiger partial charge in [0.2, 0.25) is 0 Å². The minimum atomic E-state index is -0.184. The molecule has 6 heteroatoms. The number of aromatic nitrogens is 2. The molecule has 2 rings (SSSR count). The Kier molecular flexibility index (Phi) is 5.24. The molecule has 0 atom stereocenters. The summed E-state index contributed by atoms with van der Waals surface area (Å²) in [5.41, 5.74) is 1.83. The Balaban J connectivity index is 1.95. The van der Waals surface area contributed by atoms with Crippen molar-refractivity contribution in [3.63, 3.8) is 0 Å². The standard InChI is InChI=1S/C14H13N3O2S/c18-7-2-1-4-11-5-3-6-12(8-11)9-15-14(19)13-10-16-17-20-13/h3,5-6,8,10,18H,2,7,9H2,(H,15,19). The van der Waals surface area contributed by atoms with Crippen molar-refractivity contribution in [3.8, 4) is 11.8 Å². The molecule has 5 nitrogen and oxygen atoms in total. The summed E-state index contributed by atoms with van der Waals surface area (Å²) < 4.78 is 3.65. The lowest BCUT2D eigenvalue weighted by molar-refractivity contribution is 0.0954. The predicted molar refractivity (Wildman–Crippen MR) is 76.1 cm³/mol. The Bertz CT molecular complexity index is 629. The van der Waals surface area contributed by atoms with Crippen LogP contribution in [0.4, 0.5) is 0 Å². The number of rotatable bonds is 4. The molecule has 1 aromatic carbocycles. The van der Waals surface area contributed by atoms with Crippen LogP contribution in [-0.2, 0) is 6.54 Å². The molecule has 0 radical (unpaired) electrons. The third kappa shape index (κ3) is 4.16. The molecule has 102 valence electrons. The number of nitrogens with one attached hydrogen (secondary N) is 1. The van der Waals surface area contributed by atoms with Crippen LogP contribution in [0.1, 0.15) is 27.2 Å². The van der Waals surface area contributed by atoms with Gasteiger partial charge in [0.1, 0.15) is 4.88 Å². The summed E-state index contributed by atoms with van der Waals surface area (Å²) in [6, 6.07) is 7.61. The van der Waals surface area contributed by atoms with Crippen molar-refractivity contribution in [3.05, 3.63) is 46.5 Å². The third-order valence-corrected chi connectivity index (χ3v) is 3.10. The Labute approximate surface area is 120 Å². The first-order valence-electron chi connectivity index (χ1n) is 6.04. The summed E-state index contributed by atoms with van der Waals surface area (Å²) in [5.74, 6) is 5.64. The van der Waals surface area contributed by atoms with E-state index in [1.54, 1.807) is 0 Å². The molecule has 0 unspecified atom stereocenters. The van der Waals surface area contributed by atoms with E-state index in [-0.39, 0.29) is 12.5 Å². The lowest BCUT2D eigenvalue weighted by Gasteiger charge is -2.03. The van der Waals surface area contributed by atoms with Gasteiger partial charge in [-0.15, -0.1) is 5.10 Å². The molecule has 0 aliphatic heterocycles. The van der Waals surface area contributed by atoms with E-state index in [1.165, 1.54) is 6.20 Å². The molecule has 1 amide bonds. The van der Waals surface area contributed by atoms with Crippen molar-refractivity contribution < 1.29 is 9.90 Å². The van der Waals surface area contributed by atoms with E-state index in [1.807, 2.05) is 24.3 Å². The van der Waals surface area contributed by atoms with Gasteiger partial charge in [-0.25, -0.2) is 0 Å². The summed E-state index contributed by atoms with van der Waals surface area (Å²) in [5, 5.41) is 15.1. The number of benzene rings is 1. The van der Waals surface area contributed by atoms with Gasteiger partial charge in [0.15, 0.2) is 0 Å². The fourth-order valence-electron chi connectivity index (χ4n) is 1.52. The van der Waals surface area contributed by atoms with Gasteiger partial charge in [0.25, 0.3) is 5.91 Å². The van der Waals surface area contributed by atoms with E-state index >= 15 is 0 Å². The van der Waals surface area contributed by atoms with Gasteiger partial charge in [-0.1, -0.05) is 28.5 Å². The van der Waals surface area contributed by atoms with Gasteiger partial charge in [0.05, 0.1) is 12.8 Å². The van der Waals surface area contributed by atoms with Crippen molar-refractivity contribution >= 4 is 17.4 Å². The van der Waals surface area contributed by atoms with Gasteiger partial charge in [0, 0.05) is 18.5 Å². The highest BCUT2D eigenvalue weighted by Crippen LogP contribution is 2.06. The quantitative estimate of drug-likeness (QED) is 0.829. The highest BCUT2D eigenvalue weighted by molar-refractivity contribution is 7.07. The molecule has 2 aromatic rings. The smallest absolute Gasteiger partial charge is 0.264 e. The second-order valence-electron chi connectivity index (χ2n) is 3.94. The average Bonchev–Trinajstić information content (AvgIpc) is 3.00. The highest BCUT2D eigenvalue weighted by atomic mass is 32.1. The van der Waals surface area contributed by atoms with E-state index in [0.717, 1.165) is 22.7 Å². The van der Waals surface area contributed by atoms with E-state index in [0.29, 0.717) is 17.8 Å². The summed E-state index contributed by atoms with van der Waals surface area (Å²) in [6.07, 6.45) is 1.90. The third-order valence-electron chi connectivity index (χ3n) is 2.43. The van der Waals surface area contributed by atoms with Crippen LogP contribution in [0.25, 0.3) is 0 Å². The molecule has 0 spiro atoms. The lowest BCUT2D eigenvalue weighted by Crippen LogP contribution is -2.21. The summed E-state index contributed by atoms with van der Waals surface area (Å²) >= 11 is 1.06. The van der Waals surface area contributed by atoms with E-state index in [2.05, 4.69) is 26.7 Å². The van der Waals surface area contributed by atoms with Crippen LogP contribution in [-0.4, -0.2) is 27.2 Å². The number of hydrogen-bond acceptors (Lipinski definition) is 5. The maximum Gasteiger partial charge on any atom is 0.264 e. The molecule has 2 N–H and O–H groups in total. The maximum atomic E-state index is 11.7. The molecule has 0 saturated carbocycles. The molecular formula is C14H13N3O2S. The number of amides is 1. The first-order chi connectivity index (χ1) is 9.79. The van der Waals surface area contributed by atoms with Crippen LogP contribution in [0, 0.1) is 11.8 Å². The number of aliphatic hydroxyl groups is 1. The van der Waals surface area contributed by atoms with Gasteiger partial charge in [-0.3, -0.25) is 4.79 Å². The monoisotopic (exact) mass is 287 g/mol. The Morgan fingerprint density at radius 1 is 1.45 bits per heavy atom. The molecule has 20 heavy (non-hydrogen) atoms. The van der Waals surface area contributed by atoms with Crippen molar-refractivity contribution in [1.82, 2.24) is 14.9 Å². The summed E-state index contributed by atoms with van der Waals surface area (Å²) in [7, 11) is 0. The fourth-order valence-corrected chi connectivity index (χ4v) is 1.95. The van der Waals surface area contributed by atoms with Crippen LogP contribution in [0.2, 0.25) is 0 Å². The Hall–Kier alpha value is -2.23. The lowest BCUT2D eigenvalue weighted by atomic mass is 10.1. The molecular weight excluding hydrogens is 274 g/mol. The van der Waals surface area contributed by atoms with Crippen LogP contribution < -0.4 is 5.32 Å². The number of nitrogens with zero attached hydrogens (tertiary/aromatic N) is 2. The SMILES string of the molecule is O=C(NCc1cccc(C#CCCO)c1)c1cnns1. The normalized spacial score (nSPS) is 9.65. The predicted octanol–water partition coefficient (Wildman–Crippen LogP) is 1.20. The van der Waals surface area contributed by atoms with Crippen molar-refractivity contribution in [2.45, 2.75) is 13.0 Å². The fraction of sp³-hybridized carbons (Fsp3) is 0.214. The maximum absolute atomic E-state index is 11.7. The second-order valence-corrected chi connectivity index (χ2v) is 4.73. The minimum absolute atomic E-state index is 0.0611. The molecule has 0 aliphatic rings. The summed E-state index contributed by atoms with van der Waals surface area (Å²) in [6.45, 7) is 0.484. The summed E-state index contributed by atoms with van der Waals surface area (Å²) in [4.78, 5) is 12.2. The van der Waals surface area contributed by atoms with Gasteiger partial charge in [-0.2, -0.15) is 0 Å². The number of aliphatic hydroxyl groups excluding tert-OH is 1. The van der Waals surface area contributed by atoms with E-state index in [4.69, 9.17) is 5.11 Å². The van der Waals surface area contributed by atoms with Crippen LogP contribution in [0.3, 0.4) is 0 Å². The van der Waals surface area contributed by atoms with Crippen LogP contribution in [0.15, 0.2) is 30.5 Å². The first kappa shape index (κ1) is 14.2. The Morgan fingerprint density at radius 3 is 3.10 bits per heavy atom. The van der Waals surface area contributed by atoms with Crippen molar-refractivity contribution in [2.24, 2.45) is 0 Å². The number of carbonyl (C=O) groups is 1. The molecule has 1 aromatic heterocycles. The highest BCUT2D eigenvalue weighted by Gasteiger charge is 2.07. The van der Waals surface area contributed by atoms with E-state index in [9.17, 15) is 4.79 Å². The van der Waals surface area contributed by atoms with Crippen LogP contribution in [0.5, 0.6) is 0 Å². The molecule has 0 saturated heterocycles. The van der Waals surface area contributed by atoms with Crippen molar-refractivity contribution in [2.75, 3.05) is 6.61 Å². The van der Waals surface area contributed by atoms with Crippen molar-refractivity contribution in [1.29, 1.82) is 0 Å². The average molecular weight is 287 g/mol. The largest absolute Gasteiger partial charge is 0.395 e. The van der Waals surface area contributed by atoms with Gasteiger partial charge < -0.3 is 10.4 Å². The topological polar surface area (TPSA) is 75.1 Å². The first-order valence-corrected chi connectivity index (χ1v) is 6.81. The molecule has 0 aliphatic carbocycles. The minimum Gasteiger partial charge on any atom is -0.395 e. The number of carbonyl (C=O) groups excluding carboxylic acids is 1. The molecule has 0 bridgehead atoms. The second kappa shape index (κ2) is 7.38. The zero-order chi connectivity index (χ0) is 14.2. The molecule has 0 fully saturated rings. The number of hydrogen-bond donors (Lipinski definition) is 2. The van der Waals surface area contributed by atoms with E-state index < -0.39 is 0 Å². The Morgan fingerprint density at radius 2 is 2.35 bits per heavy atom. The zero-order valence-corrected chi connectivity index (χ0v) is 11.5. The van der Waals surface area contributed by atoms with Gasteiger partial charge in [-0.05, 0) is 29.2 Å². The molecule has 1 heterocycles. The van der Waals surface area contributed by atoms with Crippen LogP contribution >= 0.6 is 11.5 Å². The zero-order valence-electron chi connectivity index (χ0n) is 10.7.